The minimum Gasteiger partial charge on any atom is -0.321 e. The molecule has 0 radical (unpaired) electrons. The van der Waals surface area contributed by atoms with Crippen LogP contribution in [0.5, 0.6) is 0 Å². The van der Waals surface area contributed by atoms with E-state index >= 15 is 0 Å². The summed E-state index contributed by atoms with van der Waals surface area (Å²) >= 11 is 1.51. The average molecular weight is 392 g/mol. The summed E-state index contributed by atoms with van der Waals surface area (Å²) in [7, 11) is 0. The second-order valence-electron chi connectivity index (χ2n) is 6.57. The number of nitrogens with one attached hydrogen (secondary N) is 1. The van der Waals surface area contributed by atoms with Crippen molar-refractivity contribution in [2.45, 2.75) is 26.8 Å². The Morgan fingerprint density at radius 3 is 2.79 bits per heavy atom. The van der Waals surface area contributed by atoms with Gasteiger partial charge < -0.3 is 5.32 Å². The minimum absolute atomic E-state index is 0.116. The van der Waals surface area contributed by atoms with Crippen molar-refractivity contribution in [1.29, 1.82) is 0 Å². The number of aromatic nitrogens is 3. The molecular formula is C21H20N4O2S. The normalized spacial score (nSPS) is 11.1. The Kier molecular flexibility index (Phi) is 4.83. The first kappa shape index (κ1) is 18.2. The summed E-state index contributed by atoms with van der Waals surface area (Å²) in [5, 5.41) is 7.30. The van der Waals surface area contributed by atoms with Crippen LogP contribution in [0, 0.1) is 6.92 Å². The molecule has 28 heavy (non-hydrogen) atoms. The van der Waals surface area contributed by atoms with Crippen molar-refractivity contribution in [2.24, 2.45) is 0 Å². The molecule has 1 aromatic carbocycles. The van der Waals surface area contributed by atoms with Crippen molar-refractivity contribution in [3.8, 4) is 0 Å². The Bertz CT molecular complexity index is 1220. The van der Waals surface area contributed by atoms with Crippen LogP contribution in [-0.2, 0) is 13.0 Å². The molecule has 7 heteroatoms. The van der Waals surface area contributed by atoms with Gasteiger partial charge in [0.1, 0.15) is 0 Å². The van der Waals surface area contributed by atoms with Crippen molar-refractivity contribution in [1.82, 2.24) is 14.2 Å². The third kappa shape index (κ3) is 3.48. The maximum absolute atomic E-state index is 12.6. The molecule has 0 bridgehead atoms. The molecule has 0 aliphatic heterocycles. The Balaban J connectivity index is 1.54. The van der Waals surface area contributed by atoms with Crippen LogP contribution >= 0.6 is 11.3 Å². The number of carbonyl (C=O) groups excluding carboxylic acids is 1. The highest BCUT2D eigenvalue weighted by Crippen LogP contribution is 2.23. The summed E-state index contributed by atoms with van der Waals surface area (Å²) in [6.07, 6.45) is 2.62. The van der Waals surface area contributed by atoms with E-state index in [1.54, 1.807) is 18.3 Å². The van der Waals surface area contributed by atoms with Gasteiger partial charge in [0, 0.05) is 16.8 Å². The molecular weight excluding hydrogens is 372 g/mol. The zero-order valence-electron chi connectivity index (χ0n) is 15.7. The van der Waals surface area contributed by atoms with E-state index in [0.717, 1.165) is 12.0 Å². The second kappa shape index (κ2) is 7.44. The molecule has 0 fully saturated rings. The van der Waals surface area contributed by atoms with E-state index in [4.69, 9.17) is 0 Å². The fourth-order valence-corrected chi connectivity index (χ4v) is 4.18. The number of rotatable bonds is 5. The monoisotopic (exact) mass is 392 g/mol. The molecule has 0 spiro atoms. The molecule has 1 N–H and O–H groups in total. The summed E-state index contributed by atoms with van der Waals surface area (Å²) < 4.78 is 2.93. The van der Waals surface area contributed by atoms with Crippen molar-refractivity contribution >= 4 is 28.6 Å². The quantitative estimate of drug-likeness (QED) is 0.563. The standard InChI is InChI=1S/C21H20N4O2S/c1-3-16-12-18(28-14(16)2)20(26)22-17-8-6-7-15(11-17)13-25-21(27)24-10-5-4-9-19(24)23-25/h4-12H,3,13H2,1-2H3,(H,22,26). The number of benzene rings is 1. The van der Waals surface area contributed by atoms with Crippen LogP contribution in [0.1, 0.15) is 32.6 Å². The molecule has 0 saturated heterocycles. The van der Waals surface area contributed by atoms with Crippen molar-refractivity contribution < 1.29 is 4.79 Å². The molecule has 0 saturated carbocycles. The third-order valence-corrected chi connectivity index (χ3v) is 5.72. The number of aryl methyl sites for hydroxylation is 2. The van der Waals surface area contributed by atoms with Gasteiger partial charge in [0.2, 0.25) is 0 Å². The van der Waals surface area contributed by atoms with Gasteiger partial charge >= 0.3 is 5.69 Å². The lowest BCUT2D eigenvalue weighted by atomic mass is 10.2. The van der Waals surface area contributed by atoms with Crippen LogP contribution in [0.3, 0.4) is 0 Å². The van der Waals surface area contributed by atoms with Crippen molar-refractivity contribution in [2.75, 3.05) is 5.32 Å². The number of fused-ring (bicyclic) bond motifs is 1. The molecule has 0 aliphatic rings. The molecule has 0 aliphatic carbocycles. The van der Waals surface area contributed by atoms with E-state index in [1.807, 2.05) is 43.3 Å². The average Bonchev–Trinajstić information content (AvgIpc) is 3.22. The number of thiophene rings is 1. The lowest BCUT2D eigenvalue weighted by Gasteiger charge is -2.06. The van der Waals surface area contributed by atoms with E-state index in [9.17, 15) is 9.59 Å². The molecule has 4 rings (SSSR count). The minimum atomic E-state index is -0.189. The molecule has 3 aromatic heterocycles. The fraction of sp³-hybridized carbons (Fsp3) is 0.190. The predicted molar refractivity (Wildman–Crippen MR) is 111 cm³/mol. The predicted octanol–water partition coefficient (Wildman–Crippen LogP) is 3.73. The summed E-state index contributed by atoms with van der Waals surface area (Å²) in [5.74, 6) is -0.116. The molecule has 1 amide bonds. The maximum atomic E-state index is 12.6. The lowest BCUT2D eigenvalue weighted by Crippen LogP contribution is -2.21. The lowest BCUT2D eigenvalue weighted by molar-refractivity contribution is 0.103. The summed E-state index contributed by atoms with van der Waals surface area (Å²) in [4.78, 5) is 26.9. The topological polar surface area (TPSA) is 68.4 Å². The van der Waals surface area contributed by atoms with Gasteiger partial charge in [-0.1, -0.05) is 25.1 Å². The van der Waals surface area contributed by atoms with Crippen molar-refractivity contribution in [3.63, 3.8) is 0 Å². The molecule has 3 heterocycles. The van der Waals surface area contributed by atoms with E-state index in [1.165, 1.54) is 30.9 Å². The van der Waals surface area contributed by atoms with Gasteiger partial charge in [-0.25, -0.2) is 9.48 Å². The second-order valence-corrected chi connectivity index (χ2v) is 7.83. The highest BCUT2D eigenvalue weighted by Gasteiger charge is 2.12. The highest BCUT2D eigenvalue weighted by molar-refractivity contribution is 7.14. The van der Waals surface area contributed by atoms with Gasteiger partial charge in [-0.05, 0) is 54.8 Å². The zero-order chi connectivity index (χ0) is 19.7. The van der Waals surface area contributed by atoms with Crippen LogP contribution in [0.15, 0.2) is 59.5 Å². The number of pyridine rings is 1. The van der Waals surface area contributed by atoms with Gasteiger partial charge in [0.05, 0.1) is 11.4 Å². The molecule has 4 aromatic rings. The SMILES string of the molecule is CCc1cc(C(=O)Nc2cccc(Cn3nc4ccccn4c3=O)c2)sc1C. The largest absolute Gasteiger partial charge is 0.350 e. The van der Waals surface area contributed by atoms with Crippen LogP contribution in [0.25, 0.3) is 5.65 Å². The van der Waals surface area contributed by atoms with E-state index in [-0.39, 0.29) is 11.6 Å². The van der Waals surface area contributed by atoms with Crippen LogP contribution < -0.4 is 11.0 Å². The van der Waals surface area contributed by atoms with Gasteiger partial charge in [-0.3, -0.25) is 9.20 Å². The van der Waals surface area contributed by atoms with Crippen LogP contribution in [-0.4, -0.2) is 20.1 Å². The van der Waals surface area contributed by atoms with Crippen LogP contribution in [0.4, 0.5) is 5.69 Å². The highest BCUT2D eigenvalue weighted by atomic mass is 32.1. The number of carbonyl (C=O) groups is 1. The van der Waals surface area contributed by atoms with Gasteiger partial charge in [-0.2, -0.15) is 0 Å². The fourth-order valence-electron chi connectivity index (χ4n) is 3.17. The molecule has 0 unspecified atom stereocenters. The summed E-state index contributed by atoms with van der Waals surface area (Å²) in [6, 6.07) is 14.9. The van der Waals surface area contributed by atoms with E-state index < -0.39 is 0 Å². The van der Waals surface area contributed by atoms with Gasteiger partial charge in [0.25, 0.3) is 5.91 Å². The van der Waals surface area contributed by atoms with Gasteiger partial charge in [-0.15, -0.1) is 16.4 Å². The Morgan fingerprint density at radius 1 is 1.18 bits per heavy atom. The molecule has 0 atom stereocenters. The first-order valence-corrected chi connectivity index (χ1v) is 9.90. The molecule has 6 nitrogen and oxygen atoms in total. The Labute approximate surface area is 166 Å². The van der Waals surface area contributed by atoms with Gasteiger partial charge in [0.15, 0.2) is 5.65 Å². The smallest absolute Gasteiger partial charge is 0.321 e. The Hall–Kier alpha value is -3.19. The number of hydrogen-bond acceptors (Lipinski definition) is 4. The van der Waals surface area contributed by atoms with E-state index in [2.05, 4.69) is 17.3 Å². The number of nitrogens with zero attached hydrogens (tertiary/aromatic N) is 3. The number of anilines is 1. The maximum Gasteiger partial charge on any atom is 0.350 e. The van der Waals surface area contributed by atoms with Crippen molar-refractivity contribution in [3.05, 3.63) is 86.1 Å². The number of amides is 1. The van der Waals surface area contributed by atoms with E-state index in [0.29, 0.717) is 22.8 Å². The first-order chi connectivity index (χ1) is 13.5. The van der Waals surface area contributed by atoms with Crippen LogP contribution in [0.2, 0.25) is 0 Å². The summed E-state index contributed by atoms with van der Waals surface area (Å²) in [5.41, 5.74) is 3.21. The third-order valence-electron chi connectivity index (χ3n) is 4.63. The number of hydrogen-bond donors (Lipinski definition) is 1. The Morgan fingerprint density at radius 2 is 2.04 bits per heavy atom. The first-order valence-electron chi connectivity index (χ1n) is 9.09. The zero-order valence-corrected chi connectivity index (χ0v) is 16.5. The molecule has 142 valence electrons. The summed E-state index contributed by atoms with van der Waals surface area (Å²) in [6.45, 7) is 4.46.